The minimum Gasteiger partial charge on any atom is -0.444 e. The molecule has 4 rings (SSSR count). The number of nitrogens with zero attached hydrogens (tertiary/aromatic N) is 3. The van der Waals surface area contributed by atoms with Crippen molar-refractivity contribution in [3.05, 3.63) is 106 Å². The predicted octanol–water partition coefficient (Wildman–Crippen LogP) is 6.65. The van der Waals surface area contributed by atoms with Crippen molar-refractivity contribution in [1.29, 1.82) is 0 Å². The summed E-state index contributed by atoms with van der Waals surface area (Å²) in [6.07, 6.45) is 2.23. The molecule has 10 nitrogen and oxygen atoms in total. The Morgan fingerprint density at radius 2 is 1.72 bits per heavy atom. The normalized spacial score (nSPS) is 15.2. The van der Waals surface area contributed by atoms with Crippen molar-refractivity contribution in [1.82, 2.24) is 15.1 Å². The number of nitrogens with one attached hydrogen (secondary N) is 1. The van der Waals surface area contributed by atoms with Gasteiger partial charge in [0.1, 0.15) is 11.6 Å². The second-order valence-corrected chi connectivity index (χ2v) is 13.4. The maximum absolute atomic E-state index is 13.3. The summed E-state index contributed by atoms with van der Waals surface area (Å²) in [4.78, 5) is 55.5. The molecule has 3 aromatic carbocycles. The molecule has 0 aliphatic carbocycles. The summed E-state index contributed by atoms with van der Waals surface area (Å²) in [5.41, 5.74) is 1.68. The first kappa shape index (κ1) is 34.2. The molecule has 0 bridgehead atoms. The molecule has 3 aromatic rings. The van der Waals surface area contributed by atoms with Gasteiger partial charge in [0.15, 0.2) is 0 Å². The summed E-state index contributed by atoms with van der Waals surface area (Å²) >= 11 is 1.34. The summed E-state index contributed by atoms with van der Waals surface area (Å²) in [6, 6.07) is 21.1. The van der Waals surface area contributed by atoms with Crippen molar-refractivity contribution in [3.63, 3.8) is 0 Å². The predicted molar refractivity (Wildman–Crippen MR) is 178 cm³/mol. The molecular weight excluding hydrogens is 604 g/mol. The van der Waals surface area contributed by atoms with E-state index in [0.717, 1.165) is 16.0 Å². The fraction of sp³-hybridized carbons (Fsp3) is 0.343. The molecule has 46 heavy (non-hydrogen) atoms. The van der Waals surface area contributed by atoms with Gasteiger partial charge in [-0.2, -0.15) is 0 Å². The van der Waals surface area contributed by atoms with Gasteiger partial charge in [-0.25, -0.2) is 4.79 Å². The van der Waals surface area contributed by atoms with Crippen LogP contribution in [0.25, 0.3) is 6.08 Å². The Kier molecular flexibility index (Phi) is 11.2. The highest BCUT2D eigenvalue weighted by Gasteiger charge is 2.38. The maximum Gasteiger partial charge on any atom is 0.411 e. The molecule has 1 N–H and O–H groups in total. The smallest absolute Gasteiger partial charge is 0.411 e. The molecule has 3 amide bonds. The molecule has 11 heteroatoms. The van der Waals surface area contributed by atoms with Crippen LogP contribution in [-0.4, -0.2) is 63.9 Å². The van der Waals surface area contributed by atoms with Crippen molar-refractivity contribution in [3.8, 4) is 0 Å². The van der Waals surface area contributed by atoms with E-state index in [0.29, 0.717) is 10.5 Å². The van der Waals surface area contributed by atoms with E-state index in [2.05, 4.69) is 19.2 Å². The Balaban J connectivity index is 1.49. The Morgan fingerprint density at radius 1 is 1.02 bits per heavy atom. The molecule has 1 aliphatic heterocycles. The van der Waals surface area contributed by atoms with E-state index >= 15 is 0 Å². The minimum atomic E-state index is -0.962. The zero-order chi connectivity index (χ0) is 33.4. The SMILES string of the molecule is CC(C)c1ccccc1Sc1ccc(C=CC(=O)N2CCN(C(=O)OC(C)(C)C)C(C(=O)NCc3ccccc3)C2)cc1[N+](=O)[O-]. The van der Waals surface area contributed by atoms with Gasteiger partial charge in [-0.1, -0.05) is 80.2 Å². The van der Waals surface area contributed by atoms with Crippen molar-refractivity contribution in [2.75, 3.05) is 19.6 Å². The third-order valence-corrected chi connectivity index (χ3v) is 8.45. The molecule has 1 atom stereocenters. The van der Waals surface area contributed by atoms with Crippen LogP contribution in [0.15, 0.2) is 88.7 Å². The van der Waals surface area contributed by atoms with Crippen LogP contribution in [0.2, 0.25) is 0 Å². The lowest BCUT2D eigenvalue weighted by Gasteiger charge is -2.40. The van der Waals surface area contributed by atoms with Crippen molar-refractivity contribution >= 4 is 41.4 Å². The first-order valence-corrected chi connectivity index (χ1v) is 16.0. The summed E-state index contributed by atoms with van der Waals surface area (Å²) in [5, 5.41) is 14.9. The molecule has 0 spiro atoms. The van der Waals surface area contributed by atoms with Crippen LogP contribution in [0.4, 0.5) is 10.5 Å². The molecule has 1 fully saturated rings. The number of nitro benzene ring substituents is 1. The average molecular weight is 645 g/mol. The minimum absolute atomic E-state index is 0.0337. The van der Waals surface area contributed by atoms with Crippen molar-refractivity contribution in [2.24, 2.45) is 0 Å². The standard InChI is InChI=1S/C35H40N4O6S/c1-24(2)27-13-9-10-14-30(27)46-31-17-15-25(21-28(31)39(43)44)16-18-32(40)37-19-20-38(34(42)45-35(3,4)5)29(23-37)33(41)36-22-26-11-7-6-8-12-26/h6-18,21,24,29H,19-20,22-23H2,1-5H3,(H,36,41). The van der Waals surface area contributed by atoms with Crippen LogP contribution in [0.1, 0.15) is 57.2 Å². The highest BCUT2D eigenvalue weighted by molar-refractivity contribution is 7.99. The maximum atomic E-state index is 13.3. The van der Waals surface area contributed by atoms with Crippen LogP contribution in [0.3, 0.4) is 0 Å². The number of ether oxygens (including phenoxy) is 1. The van der Waals surface area contributed by atoms with E-state index in [4.69, 9.17) is 4.74 Å². The molecule has 1 saturated heterocycles. The van der Waals surface area contributed by atoms with Crippen LogP contribution >= 0.6 is 11.8 Å². The van der Waals surface area contributed by atoms with E-state index in [1.807, 2.05) is 54.6 Å². The summed E-state index contributed by atoms with van der Waals surface area (Å²) < 4.78 is 5.55. The highest BCUT2D eigenvalue weighted by Crippen LogP contribution is 2.39. The second kappa shape index (κ2) is 15.1. The van der Waals surface area contributed by atoms with E-state index in [1.54, 1.807) is 32.9 Å². The number of nitro groups is 1. The van der Waals surface area contributed by atoms with Crippen LogP contribution in [-0.2, 0) is 20.9 Å². The van der Waals surface area contributed by atoms with Crippen LogP contribution < -0.4 is 5.32 Å². The fourth-order valence-electron chi connectivity index (χ4n) is 4.96. The zero-order valence-corrected chi connectivity index (χ0v) is 27.6. The lowest BCUT2D eigenvalue weighted by Crippen LogP contribution is -2.61. The van der Waals surface area contributed by atoms with Gasteiger partial charge in [-0.3, -0.25) is 24.6 Å². The third kappa shape index (κ3) is 9.20. The lowest BCUT2D eigenvalue weighted by atomic mass is 10.0. The zero-order valence-electron chi connectivity index (χ0n) is 26.8. The Labute approximate surface area is 273 Å². The van der Waals surface area contributed by atoms with E-state index in [9.17, 15) is 24.5 Å². The Hall–Kier alpha value is -4.64. The van der Waals surface area contributed by atoms with E-state index in [-0.39, 0.29) is 43.7 Å². The van der Waals surface area contributed by atoms with Crippen molar-refractivity contribution in [2.45, 2.75) is 68.5 Å². The monoisotopic (exact) mass is 644 g/mol. The van der Waals surface area contributed by atoms with Gasteiger partial charge in [0.05, 0.1) is 16.4 Å². The molecule has 1 unspecified atom stereocenters. The third-order valence-electron chi connectivity index (χ3n) is 7.29. The second-order valence-electron chi connectivity index (χ2n) is 12.3. The van der Waals surface area contributed by atoms with Crippen molar-refractivity contribution < 1.29 is 24.0 Å². The molecule has 0 saturated carbocycles. The largest absolute Gasteiger partial charge is 0.444 e. The molecule has 1 heterocycles. The summed E-state index contributed by atoms with van der Waals surface area (Å²) in [7, 11) is 0. The number of amides is 3. The molecular formula is C35H40N4O6S. The van der Waals surface area contributed by atoms with Crippen LogP contribution in [0.5, 0.6) is 0 Å². The first-order chi connectivity index (χ1) is 21.8. The Morgan fingerprint density at radius 3 is 2.39 bits per heavy atom. The number of hydrogen-bond donors (Lipinski definition) is 1. The van der Waals surface area contributed by atoms with Crippen LogP contribution in [0, 0.1) is 10.1 Å². The summed E-state index contributed by atoms with van der Waals surface area (Å²) in [6.45, 7) is 9.94. The first-order valence-electron chi connectivity index (χ1n) is 15.2. The molecule has 242 valence electrons. The highest BCUT2D eigenvalue weighted by atomic mass is 32.2. The van der Waals surface area contributed by atoms with Gasteiger partial charge in [0.25, 0.3) is 5.69 Å². The van der Waals surface area contributed by atoms with E-state index < -0.39 is 28.6 Å². The number of carbonyl (C=O) groups is 3. The number of hydrogen-bond acceptors (Lipinski definition) is 7. The van der Waals surface area contributed by atoms with Gasteiger partial charge in [-0.15, -0.1) is 0 Å². The topological polar surface area (TPSA) is 122 Å². The van der Waals surface area contributed by atoms with Gasteiger partial charge in [-0.05, 0) is 61.6 Å². The number of benzene rings is 3. The number of piperazine rings is 1. The quantitative estimate of drug-likeness (QED) is 0.157. The van der Waals surface area contributed by atoms with Gasteiger partial charge in [0.2, 0.25) is 11.8 Å². The molecule has 1 aliphatic rings. The summed E-state index contributed by atoms with van der Waals surface area (Å²) in [5.74, 6) is -0.521. The molecule has 0 radical (unpaired) electrons. The van der Waals surface area contributed by atoms with Gasteiger partial charge < -0.3 is 15.0 Å². The number of carbonyl (C=O) groups excluding carboxylic acids is 3. The Bertz CT molecular complexity index is 1600. The fourth-order valence-corrected chi connectivity index (χ4v) is 6.14. The van der Waals surface area contributed by atoms with Gasteiger partial charge in [0, 0.05) is 36.7 Å². The number of rotatable bonds is 9. The lowest BCUT2D eigenvalue weighted by molar-refractivity contribution is -0.387. The average Bonchev–Trinajstić information content (AvgIpc) is 3.02. The molecule has 0 aromatic heterocycles. The van der Waals surface area contributed by atoms with Gasteiger partial charge >= 0.3 is 6.09 Å². The van der Waals surface area contributed by atoms with E-state index in [1.165, 1.54) is 39.8 Å².